The first-order valence-electron chi connectivity index (χ1n) is 5.54. The molecule has 0 atom stereocenters. The van der Waals surface area contributed by atoms with Crippen LogP contribution >= 0.6 is 0 Å². The third-order valence-corrected chi connectivity index (χ3v) is 2.11. The molecule has 4 nitrogen and oxygen atoms in total. The Bertz CT molecular complexity index is 176. The lowest BCUT2D eigenvalue weighted by atomic mass is 9.92. The fourth-order valence-corrected chi connectivity index (χ4v) is 1.14. The molecule has 0 heterocycles. The second kappa shape index (κ2) is 7.65. The number of hydrogen-bond acceptors (Lipinski definition) is 3. The van der Waals surface area contributed by atoms with E-state index in [4.69, 9.17) is 5.90 Å². The first-order chi connectivity index (χ1) is 6.95. The van der Waals surface area contributed by atoms with Crippen molar-refractivity contribution in [3.05, 3.63) is 0 Å². The van der Waals surface area contributed by atoms with Crippen molar-refractivity contribution in [2.75, 3.05) is 13.2 Å². The molecule has 3 N–H and O–H groups in total. The van der Waals surface area contributed by atoms with Crippen LogP contribution in [0.25, 0.3) is 0 Å². The van der Waals surface area contributed by atoms with E-state index in [-0.39, 0.29) is 11.3 Å². The van der Waals surface area contributed by atoms with Crippen LogP contribution in [-0.2, 0) is 9.63 Å². The van der Waals surface area contributed by atoms with Gasteiger partial charge in [-0.2, -0.15) is 0 Å². The smallest absolute Gasteiger partial charge is 0.219 e. The molecule has 15 heavy (non-hydrogen) atoms. The largest absolute Gasteiger partial charge is 0.356 e. The molecule has 0 aromatic rings. The van der Waals surface area contributed by atoms with Gasteiger partial charge >= 0.3 is 0 Å². The van der Waals surface area contributed by atoms with Gasteiger partial charge in [-0.3, -0.25) is 4.79 Å². The zero-order chi connectivity index (χ0) is 11.7. The average Bonchev–Trinajstić information content (AvgIpc) is 2.10. The van der Waals surface area contributed by atoms with Gasteiger partial charge in [0, 0.05) is 13.0 Å². The highest BCUT2D eigenvalue weighted by molar-refractivity contribution is 5.75. The molecule has 0 aromatic heterocycles. The summed E-state index contributed by atoms with van der Waals surface area (Å²) in [5.41, 5.74) is 0.278. The van der Waals surface area contributed by atoms with Crippen LogP contribution in [0.15, 0.2) is 0 Å². The van der Waals surface area contributed by atoms with E-state index in [1.165, 1.54) is 0 Å². The van der Waals surface area contributed by atoms with Crippen molar-refractivity contribution in [2.24, 2.45) is 11.3 Å². The first kappa shape index (κ1) is 14.4. The van der Waals surface area contributed by atoms with Gasteiger partial charge in [0.1, 0.15) is 0 Å². The number of unbranched alkanes of at least 4 members (excludes halogenated alkanes) is 1. The van der Waals surface area contributed by atoms with Crippen LogP contribution in [-0.4, -0.2) is 19.1 Å². The summed E-state index contributed by atoms with van der Waals surface area (Å²) in [6, 6.07) is 0. The van der Waals surface area contributed by atoms with Gasteiger partial charge < -0.3 is 10.2 Å². The van der Waals surface area contributed by atoms with E-state index in [0.29, 0.717) is 13.0 Å². The summed E-state index contributed by atoms with van der Waals surface area (Å²) in [6.07, 6.45) is 3.24. The van der Waals surface area contributed by atoms with Crippen LogP contribution in [0.5, 0.6) is 0 Å². The Morgan fingerprint density at radius 1 is 1.33 bits per heavy atom. The summed E-state index contributed by atoms with van der Waals surface area (Å²) in [4.78, 5) is 15.7. The van der Waals surface area contributed by atoms with E-state index in [0.717, 1.165) is 25.8 Å². The van der Waals surface area contributed by atoms with Crippen LogP contribution in [0.1, 0.15) is 46.5 Å². The van der Waals surface area contributed by atoms with E-state index in [9.17, 15) is 4.79 Å². The van der Waals surface area contributed by atoms with E-state index in [1.807, 2.05) is 0 Å². The summed E-state index contributed by atoms with van der Waals surface area (Å²) in [6.45, 7) is 7.78. The number of nitrogens with one attached hydrogen (secondary N) is 1. The van der Waals surface area contributed by atoms with Gasteiger partial charge in [-0.1, -0.05) is 20.8 Å². The van der Waals surface area contributed by atoms with Gasteiger partial charge in [0.2, 0.25) is 5.91 Å². The molecule has 4 heteroatoms. The van der Waals surface area contributed by atoms with Gasteiger partial charge in [0.15, 0.2) is 0 Å². The summed E-state index contributed by atoms with van der Waals surface area (Å²) in [5, 5.41) is 2.91. The molecule has 0 aliphatic rings. The van der Waals surface area contributed by atoms with Crippen molar-refractivity contribution in [3.63, 3.8) is 0 Å². The predicted octanol–water partition coefficient (Wildman–Crippen LogP) is 1.60. The van der Waals surface area contributed by atoms with Crippen LogP contribution in [0, 0.1) is 5.41 Å². The highest BCUT2D eigenvalue weighted by Crippen LogP contribution is 2.16. The number of rotatable bonds is 7. The van der Waals surface area contributed by atoms with Crippen molar-refractivity contribution in [2.45, 2.75) is 46.5 Å². The van der Waals surface area contributed by atoms with E-state index in [2.05, 4.69) is 30.9 Å². The third kappa shape index (κ3) is 11.3. The fraction of sp³-hybridized carbons (Fsp3) is 0.909. The minimum absolute atomic E-state index is 0.122. The Balaban J connectivity index is 3.34. The lowest BCUT2D eigenvalue weighted by Crippen LogP contribution is -2.27. The lowest BCUT2D eigenvalue weighted by Gasteiger charge is -2.17. The molecule has 0 saturated heterocycles. The molecule has 1 amide bonds. The van der Waals surface area contributed by atoms with Gasteiger partial charge in [-0.05, 0) is 24.7 Å². The SMILES string of the molecule is CC(C)(C)CCNC(=O)CCCCON. The van der Waals surface area contributed by atoms with Crippen molar-refractivity contribution in [3.8, 4) is 0 Å². The molecular weight excluding hydrogens is 192 g/mol. The van der Waals surface area contributed by atoms with E-state index >= 15 is 0 Å². The normalized spacial score (nSPS) is 11.5. The second-order valence-corrected chi connectivity index (χ2v) is 4.99. The number of amides is 1. The Labute approximate surface area is 92.5 Å². The molecule has 0 aliphatic heterocycles. The van der Waals surface area contributed by atoms with Gasteiger partial charge in [-0.25, -0.2) is 5.90 Å². The van der Waals surface area contributed by atoms with Crippen molar-refractivity contribution < 1.29 is 9.63 Å². The second-order valence-electron chi connectivity index (χ2n) is 4.99. The maximum atomic E-state index is 11.3. The van der Waals surface area contributed by atoms with Gasteiger partial charge in [0.05, 0.1) is 6.61 Å². The average molecular weight is 216 g/mol. The van der Waals surface area contributed by atoms with E-state index in [1.54, 1.807) is 0 Å². The van der Waals surface area contributed by atoms with Crippen LogP contribution in [0.4, 0.5) is 0 Å². The highest BCUT2D eigenvalue weighted by Gasteiger charge is 2.10. The third-order valence-electron chi connectivity index (χ3n) is 2.11. The Kier molecular flexibility index (Phi) is 7.34. The minimum Gasteiger partial charge on any atom is -0.356 e. The Morgan fingerprint density at radius 3 is 2.53 bits per heavy atom. The predicted molar refractivity (Wildman–Crippen MR) is 61.1 cm³/mol. The van der Waals surface area contributed by atoms with Crippen molar-refractivity contribution in [1.82, 2.24) is 5.32 Å². The molecule has 0 aliphatic carbocycles. The van der Waals surface area contributed by atoms with E-state index < -0.39 is 0 Å². The topological polar surface area (TPSA) is 64.3 Å². The Morgan fingerprint density at radius 2 is 2.00 bits per heavy atom. The maximum absolute atomic E-state index is 11.3. The quantitative estimate of drug-likeness (QED) is 0.502. The van der Waals surface area contributed by atoms with Crippen molar-refractivity contribution in [1.29, 1.82) is 0 Å². The molecular formula is C11H24N2O2. The lowest BCUT2D eigenvalue weighted by molar-refractivity contribution is -0.121. The molecule has 0 fully saturated rings. The standard InChI is InChI=1S/C11H24N2O2/c1-11(2,3)7-8-13-10(14)6-4-5-9-15-12/h4-9,12H2,1-3H3,(H,13,14). The molecule has 0 spiro atoms. The molecule has 0 unspecified atom stereocenters. The molecule has 0 radical (unpaired) electrons. The van der Waals surface area contributed by atoms with Crippen LogP contribution in [0.2, 0.25) is 0 Å². The number of hydrogen-bond donors (Lipinski definition) is 2. The maximum Gasteiger partial charge on any atom is 0.219 e. The number of carbonyl (C=O) groups excluding carboxylic acids is 1. The summed E-state index contributed by atoms with van der Waals surface area (Å²) < 4.78 is 0. The minimum atomic E-state index is 0.122. The van der Waals surface area contributed by atoms with Crippen LogP contribution in [0.3, 0.4) is 0 Å². The summed E-state index contributed by atoms with van der Waals surface area (Å²) in [5.74, 6) is 4.99. The van der Waals surface area contributed by atoms with Gasteiger partial charge in [-0.15, -0.1) is 0 Å². The highest BCUT2D eigenvalue weighted by atomic mass is 16.6. The van der Waals surface area contributed by atoms with Crippen molar-refractivity contribution >= 4 is 5.91 Å². The number of nitrogens with two attached hydrogens (primary N) is 1. The number of carbonyl (C=O) groups is 1. The Hall–Kier alpha value is -0.610. The molecule has 0 saturated carbocycles. The summed E-state index contributed by atoms with van der Waals surface area (Å²) in [7, 11) is 0. The molecule has 0 rings (SSSR count). The molecule has 0 aromatic carbocycles. The van der Waals surface area contributed by atoms with Crippen LogP contribution < -0.4 is 11.2 Å². The summed E-state index contributed by atoms with van der Waals surface area (Å²) >= 11 is 0. The molecule has 90 valence electrons. The fourth-order valence-electron chi connectivity index (χ4n) is 1.14. The zero-order valence-electron chi connectivity index (χ0n) is 10.1. The zero-order valence-corrected chi connectivity index (χ0v) is 10.1. The van der Waals surface area contributed by atoms with Gasteiger partial charge in [0.25, 0.3) is 0 Å². The monoisotopic (exact) mass is 216 g/mol. The first-order valence-corrected chi connectivity index (χ1v) is 5.54. The molecule has 0 bridgehead atoms.